The highest BCUT2D eigenvalue weighted by Gasteiger charge is 2.24. The van der Waals surface area contributed by atoms with Crippen molar-refractivity contribution in [3.63, 3.8) is 0 Å². The number of aliphatic carboxylic acids is 1. The largest absolute Gasteiger partial charge is 0.480 e. The van der Waals surface area contributed by atoms with Gasteiger partial charge < -0.3 is 15.2 Å². The first-order valence-electron chi connectivity index (χ1n) is 7.35. The smallest absolute Gasteiger partial charge is 0.329 e. The molecule has 128 valence electrons. The van der Waals surface area contributed by atoms with Crippen molar-refractivity contribution >= 4 is 21.9 Å². The lowest BCUT2D eigenvalue weighted by Gasteiger charge is -2.26. The first kappa shape index (κ1) is 18.9. The van der Waals surface area contributed by atoms with E-state index in [9.17, 15) is 18.0 Å². The van der Waals surface area contributed by atoms with Crippen molar-refractivity contribution < 1.29 is 27.9 Å². The van der Waals surface area contributed by atoms with Gasteiger partial charge >= 0.3 is 5.97 Å². The molecule has 1 rings (SSSR count). The minimum absolute atomic E-state index is 0.0199. The molecule has 1 aliphatic rings. The maximum atomic E-state index is 11.9. The molecular formula is C13H24N2O6S. The Hall–Kier alpha value is -1.19. The van der Waals surface area contributed by atoms with Crippen LogP contribution in [0.2, 0.25) is 0 Å². The third-order valence-electron chi connectivity index (χ3n) is 3.48. The van der Waals surface area contributed by atoms with Crippen LogP contribution >= 0.6 is 0 Å². The third-order valence-corrected chi connectivity index (χ3v) is 4.81. The summed E-state index contributed by atoms with van der Waals surface area (Å²) in [6.45, 7) is 1.79. The van der Waals surface area contributed by atoms with Gasteiger partial charge in [-0.25, -0.2) is 17.9 Å². The van der Waals surface area contributed by atoms with Gasteiger partial charge in [-0.3, -0.25) is 4.79 Å². The topological polar surface area (TPSA) is 122 Å². The van der Waals surface area contributed by atoms with Crippen LogP contribution in [-0.2, 0) is 24.3 Å². The Bertz CT molecular complexity index is 471. The predicted octanol–water partition coefficient (Wildman–Crippen LogP) is -0.298. The van der Waals surface area contributed by atoms with E-state index in [0.29, 0.717) is 5.92 Å². The number of carboxylic acids is 1. The van der Waals surface area contributed by atoms with Gasteiger partial charge in [0.05, 0.1) is 6.61 Å². The van der Waals surface area contributed by atoms with Gasteiger partial charge in [-0.15, -0.1) is 0 Å². The molecule has 0 saturated heterocycles. The van der Waals surface area contributed by atoms with E-state index >= 15 is 0 Å². The Kier molecular flexibility index (Phi) is 7.77. The zero-order valence-corrected chi connectivity index (χ0v) is 13.5. The van der Waals surface area contributed by atoms with Crippen LogP contribution < -0.4 is 10.0 Å². The van der Waals surface area contributed by atoms with Crippen LogP contribution in [-0.4, -0.2) is 57.0 Å². The number of amides is 1. The summed E-state index contributed by atoms with van der Waals surface area (Å²) >= 11 is 0. The Morgan fingerprint density at radius 1 is 1.23 bits per heavy atom. The molecule has 0 unspecified atom stereocenters. The van der Waals surface area contributed by atoms with Crippen LogP contribution in [0.3, 0.4) is 0 Å². The van der Waals surface area contributed by atoms with Crippen molar-refractivity contribution in [2.75, 3.05) is 25.5 Å². The predicted molar refractivity (Wildman–Crippen MR) is 79.8 cm³/mol. The van der Waals surface area contributed by atoms with Crippen LogP contribution in [0.15, 0.2) is 0 Å². The van der Waals surface area contributed by atoms with Gasteiger partial charge in [-0.2, -0.15) is 0 Å². The summed E-state index contributed by atoms with van der Waals surface area (Å²) in [5.41, 5.74) is 0. The molecule has 1 aliphatic carbocycles. The van der Waals surface area contributed by atoms with E-state index < -0.39 is 34.3 Å². The maximum Gasteiger partial charge on any atom is 0.329 e. The van der Waals surface area contributed by atoms with Crippen molar-refractivity contribution in [3.05, 3.63) is 0 Å². The normalized spacial score (nSPS) is 22.2. The number of ether oxygens (including phenoxy) is 1. The second kappa shape index (κ2) is 9.06. The zero-order valence-electron chi connectivity index (χ0n) is 12.7. The van der Waals surface area contributed by atoms with Gasteiger partial charge in [0.15, 0.2) is 0 Å². The van der Waals surface area contributed by atoms with E-state index in [1.165, 1.54) is 0 Å². The summed E-state index contributed by atoms with van der Waals surface area (Å²) in [6.07, 6.45) is 3.57. The van der Waals surface area contributed by atoms with Crippen LogP contribution in [0.25, 0.3) is 0 Å². The number of hydrogen-bond acceptors (Lipinski definition) is 5. The number of sulfonamides is 1. The number of hydrogen-bond donors (Lipinski definition) is 3. The molecule has 0 aromatic rings. The number of carbonyl (C=O) groups excluding carboxylic acids is 1. The molecule has 0 heterocycles. The minimum atomic E-state index is -3.65. The SMILES string of the molecule is CC1CCC(NS(=O)(=O)CC(=O)NCCOCC(=O)O)CC1. The first-order chi connectivity index (χ1) is 10.3. The van der Waals surface area contributed by atoms with Crippen molar-refractivity contribution in [1.82, 2.24) is 10.0 Å². The molecule has 0 aromatic heterocycles. The molecule has 3 N–H and O–H groups in total. The van der Waals surface area contributed by atoms with E-state index in [2.05, 4.69) is 17.0 Å². The Morgan fingerprint density at radius 3 is 2.45 bits per heavy atom. The molecule has 0 atom stereocenters. The lowest BCUT2D eigenvalue weighted by Crippen LogP contribution is -2.43. The van der Waals surface area contributed by atoms with Crippen molar-refractivity contribution in [2.24, 2.45) is 5.92 Å². The van der Waals surface area contributed by atoms with E-state index in [4.69, 9.17) is 9.84 Å². The fourth-order valence-electron chi connectivity index (χ4n) is 2.32. The summed E-state index contributed by atoms with van der Waals surface area (Å²) in [6, 6.07) is -0.0899. The highest BCUT2D eigenvalue weighted by atomic mass is 32.2. The molecule has 0 radical (unpaired) electrons. The summed E-state index contributed by atoms with van der Waals surface area (Å²) in [5, 5.41) is 10.7. The Balaban J connectivity index is 2.22. The summed E-state index contributed by atoms with van der Waals surface area (Å²) in [7, 11) is -3.65. The molecule has 1 fully saturated rings. The van der Waals surface area contributed by atoms with Gasteiger partial charge in [0.2, 0.25) is 15.9 Å². The van der Waals surface area contributed by atoms with E-state index in [1.807, 2.05) is 0 Å². The fraction of sp³-hybridized carbons (Fsp3) is 0.846. The fourth-order valence-corrected chi connectivity index (χ4v) is 3.59. The number of carbonyl (C=O) groups is 2. The molecule has 0 aliphatic heterocycles. The molecule has 1 amide bonds. The standard InChI is InChI=1S/C13H24N2O6S/c1-10-2-4-11(5-3-10)15-22(19,20)9-12(16)14-6-7-21-8-13(17)18/h10-11,15H,2-9H2,1H3,(H,14,16)(H,17,18). The quantitative estimate of drug-likeness (QED) is 0.497. The van der Waals surface area contributed by atoms with Crippen LogP contribution in [0.1, 0.15) is 32.6 Å². The Labute approximate surface area is 130 Å². The van der Waals surface area contributed by atoms with Crippen molar-refractivity contribution in [2.45, 2.75) is 38.6 Å². The summed E-state index contributed by atoms with van der Waals surface area (Å²) < 4.78 is 31.1. The second-order valence-corrected chi connectivity index (χ2v) is 7.38. The highest BCUT2D eigenvalue weighted by molar-refractivity contribution is 7.90. The van der Waals surface area contributed by atoms with E-state index in [0.717, 1.165) is 25.7 Å². The van der Waals surface area contributed by atoms with E-state index in [1.54, 1.807) is 0 Å². The lowest BCUT2D eigenvalue weighted by atomic mass is 9.88. The average Bonchev–Trinajstić information content (AvgIpc) is 2.39. The van der Waals surface area contributed by atoms with Crippen LogP contribution in [0.4, 0.5) is 0 Å². The molecule has 8 nitrogen and oxygen atoms in total. The number of rotatable bonds is 9. The molecule has 22 heavy (non-hydrogen) atoms. The van der Waals surface area contributed by atoms with Crippen molar-refractivity contribution in [1.29, 1.82) is 0 Å². The lowest BCUT2D eigenvalue weighted by molar-refractivity contribution is -0.142. The summed E-state index contributed by atoms with van der Waals surface area (Å²) in [5.74, 6) is -1.73. The molecule has 0 aromatic carbocycles. The van der Waals surface area contributed by atoms with Crippen LogP contribution in [0, 0.1) is 5.92 Å². The minimum Gasteiger partial charge on any atom is -0.480 e. The maximum absolute atomic E-state index is 11.9. The van der Waals surface area contributed by atoms with Gasteiger partial charge in [-0.1, -0.05) is 6.92 Å². The average molecular weight is 336 g/mol. The number of nitrogens with one attached hydrogen (secondary N) is 2. The van der Waals surface area contributed by atoms with Crippen LogP contribution in [0.5, 0.6) is 0 Å². The molecule has 1 saturated carbocycles. The van der Waals surface area contributed by atoms with Gasteiger partial charge in [0.25, 0.3) is 0 Å². The van der Waals surface area contributed by atoms with Gasteiger partial charge in [0, 0.05) is 12.6 Å². The van der Waals surface area contributed by atoms with Crippen molar-refractivity contribution in [3.8, 4) is 0 Å². The van der Waals surface area contributed by atoms with E-state index in [-0.39, 0.29) is 19.2 Å². The molecular weight excluding hydrogens is 312 g/mol. The molecule has 9 heteroatoms. The van der Waals surface area contributed by atoms with Gasteiger partial charge in [-0.05, 0) is 31.6 Å². The number of carboxylic acid groups (broad SMARTS) is 1. The summed E-state index contributed by atoms with van der Waals surface area (Å²) in [4.78, 5) is 21.7. The zero-order chi connectivity index (χ0) is 16.6. The van der Waals surface area contributed by atoms with Gasteiger partial charge in [0.1, 0.15) is 12.4 Å². The second-order valence-electron chi connectivity index (χ2n) is 5.63. The monoisotopic (exact) mass is 336 g/mol. The Morgan fingerprint density at radius 2 is 1.86 bits per heavy atom. The highest BCUT2D eigenvalue weighted by Crippen LogP contribution is 2.23. The molecule has 0 spiro atoms. The third kappa shape index (κ3) is 8.30. The first-order valence-corrected chi connectivity index (χ1v) is 9.00. The molecule has 0 bridgehead atoms.